The molecule has 0 aliphatic rings. The van der Waals surface area contributed by atoms with Gasteiger partial charge < -0.3 is 10.6 Å². The van der Waals surface area contributed by atoms with Crippen molar-refractivity contribution in [1.29, 1.82) is 0 Å². The quantitative estimate of drug-likeness (QED) is 0.813. The number of hydrogen-bond donors (Lipinski definition) is 2. The van der Waals surface area contributed by atoms with Gasteiger partial charge in [-0.15, -0.1) is 0 Å². The molecule has 1 rings (SSSR count). The molecule has 4 N–H and O–H groups in total. The molecular weight excluding hydrogens is 250 g/mol. The molecule has 0 heterocycles. The fourth-order valence-electron chi connectivity index (χ4n) is 1.84. The lowest BCUT2D eigenvalue weighted by Crippen LogP contribution is -2.29. The van der Waals surface area contributed by atoms with Gasteiger partial charge in [0, 0.05) is 19.3 Å². The van der Waals surface area contributed by atoms with Crippen molar-refractivity contribution < 1.29 is 8.42 Å². The van der Waals surface area contributed by atoms with Crippen LogP contribution in [0.25, 0.3) is 0 Å². The Bertz CT molecular complexity index is 533. The normalized spacial score (nSPS) is 12.5. The molecule has 0 fully saturated rings. The molecule has 102 valence electrons. The van der Waals surface area contributed by atoms with Crippen LogP contribution in [0.5, 0.6) is 0 Å². The van der Waals surface area contributed by atoms with Gasteiger partial charge in [-0.3, -0.25) is 0 Å². The highest BCUT2D eigenvalue weighted by Gasteiger charge is 2.16. The van der Waals surface area contributed by atoms with Crippen LogP contribution in [0.3, 0.4) is 0 Å². The van der Waals surface area contributed by atoms with Gasteiger partial charge in [-0.25, -0.2) is 13.6 Å². The topological polar surface area (TPSA) is 89.4 Å². The van der Waals surface area contributed by atoms with Gasteiger partial charge in [0.15, 0.2) is 0 Å². The van der Waals surface area contributed by atoms with Crippen molar-refractivity contribution in [2.75, 3.05) is 24.2 Å². The summed E-state index contributed by atoms with van der Waals surface area (Å²) in [5, 5.41) is 5.06. The fraction of sp³-hybridized carbons (Fsp3) is 0.500. The third-order valence-electron chi connectivity index (χ3n) is 2.45. The maximum Gasteiger partial charge on any atom is 0.240 e. The van der Waals surface area contributed by atoms with E-state index >= 15 is 0 Å². The molecule has 0 aliphatic carbocycles. The van der Waals surface area contributed by atoms with E-state index in [1.165, 1.54) is 6.07 Å². The van der Waals surface area contributed by atoms with E-state index < -0.39 is 10.0 Å². The summed E-state index contributed by atoms with van der Waals surface area (Å²) in [4.78, 5) is 2.00. The largest absolute Gasteiger partial charge is 0.398 e. The number of sulfonamides is 1. The zero-order valence-corrected chi connectivity index (χ0v) is 12.1. The highest BCUT2D eigenvalue weighted by Crippen LogP contribution is 2.25. The number of nitrogens with zero attached hydrogens (tertiary/aromatic N) is 1. The second kappa shape index (κ2) is 4.78. The number of benzene rings is 1. The zero-order valence-electron chi connectivity index (χ0n) is 11.3. The van der Waals surface area contributed by atoms with Gasteiger partial charge in [-0.2, -0.15) is 0 Å². The van der Waals surface area contributed by atoms with Crippen LogP contribution in [-0.4, -0.2) is 22.0 Å². The molecule has 1 aromatic carbocycles. The average Bonchev–Trinajstić information content (AvgIpc) is 2.12. The standard InChI is InChI=1S/C12H21N3O2S/c1-12(2,3)8-15(4)9-5-6-11(10(13)7-9)18(14,16)17/h5-7H,8,13H2,1-4H3,(H2,14,16,17). The smallest absolute Gasteiger partial charge is 0.240 e. The van der Waals surface area contributed by atoms with E-state index in [2.05, 4.69) is 20.8 Å². The van der Waals surface area contributed by atoms with E-state index in [0.717, 1.165) is 12.2 Å². The van der Waals surface area contributed by atoms with Gasteiger partial charge in [-0.1, -0.05) is 20.8 Å². The number of nitrogens with two attached hydrogens (primary N) is 2. The minimum absolute atomic E-state index is 0.0320. The van der Waals surface area contributed by atoms with Crippen molar-refractivity contribution >= 4 is 21.4 Å². The predicted octanol–water partition coefficient (Wildman–Crippen LogP) is 1.40. The van der Waals surface area contributed by atoms with Crippen molar-refractivity contribution in [3.05, 3.63) is 18.2 Å². The second-order valence-electron chi connectivity index (χ2n) is 5.68. The Hall–Kier alpha value is -1.27. The monoisotopic (exact) mass is 271 g/mol. The molecule has 6 heteroatoms. The fourth-order valence-corrected chi connectivity index (χ4v) is 2.48. The molecule has 5 nitrogen and oxygen atoms in total. The minimum Gasteiger partial charge on any atom is -0.398 e. The first-order chi connectivity index (χ1) is 8.00. The van der Waals surface area contributed by atoms with E-state index in [-0.39, 0.29) is 16.0 Å². The Morgan fingerprint density at radius 1 is 1.28 bits per heavy atom. The van der Waals surface area contributed by atoms with E-state index in [0.29, 0.717) is 0 Å². The molecule has 0 aromatic heterocycles. The number of rotatable bonds is 3. The van der Waals surface area contributed by atoms with E-state index in [9.17, 15) is 8.42 Å². The first-order valence-corrected chi connectivity index (χ1v) is 7.19. The van der Waals surface area contributed by atoms with Crippen LogP contribution in [0.15, 0.2) is 23.1 Å². The number of anilines is 2. The van der Waals surface area contributed by atoms with Crippen molar-refractivity contribution in [3.8, 4) is 0 Å². The molecule has 0 bridgehead atoms. The first-order valence-electron chi connectivity index (χ1n) is 5.64. The van der Waals surface area contributed by atoms with Gasteiger partial charge >= 0.3 is 0 Å². The Morgan fingerprint density at radius 3 is 2.22 bits per heavy atom. The third-order valence-corrected chi connectivity index (χ3v) is 3.44. The van der Waals surface area contributed by atoms with Gasteiger partial charge in [-0.05, 0) is 23.6 Å². The summed E-state index contributed by atoms with van der Waals surface area (Å²) in [5.41, 5.74) is 6.91. The summed E-state index contributed by atoms with van der Waals surface area (Å²) in [6.45, 7) is 7.23. The Labute approximate surface area is 109 Å². The second-order valence-corrected chi connectivity index (χ2v) is 7.21. The molecule has 0 radical (unpaired) electrons. The summed E-state index contributed by atoms with van der Waals surface area (Å²) >= 11 is 0. The van der Waals surface area contributed by atoms with Crippen LogP contribution >= 0.6 is 0 Å². The lowest BCUT2D eigenvalue weighted by molar-refractivity contribution is 0.419. The van der Waals surface area contributed by atoms with Gasteiger partial charge in [0.25, 0.3) is 0 Å². The van der Waals surface area contributed by atoms with Gasteiger partial charge in [0.05, 0.1) is 5.69 Å². The number of primary sulfonamides is 1. The number of hydrogen-bond acceptors (Lipinski definition) is 4. The van der Waals surface area contributed by atoms with Crippen molar-refractivity contribution in [2.45, 2.75) is 25.7 Å². The summed E-state index contributed by atoms with van der Waals surface area (Å²) in [6, 6.07) is 4.78. The highest BCUT2D eigenvalue weighted by atomic mass is 32.2. The maximum absolute atomic E-state index is 11.2. The Morgan fingerprint density at radius 2 is 1.83 bits per heavy atom. The van der Waals surface area contributed by atoms with Crippen LogP contribution < -0.4 is 15.8 Å². The maximum atomic E-state index is 11.2. The van der Waals surface area contributed by atoms with Crippen LogP contribution in [0.1, 0.15) is 20.8 Å². The number of nitrogen functional groups attached to an aromatic ring is 1. The highest BCUT2D eigenvalue weighted by molar-refractivity contribution is 7.89. The molecule has 0 amide bonds. The van der Waals surface area contributed by atoms with E-state index in [4.69, 9.17) is 10.9 Å². The van der Waals surface area contributed by atoms with Gasteiger partial charge in [0.1, 0.15) is 4.90 Å². The molecule has 18 heavy (non-hydrogen) atoms. The summed E-state index contributed by atoms with van der Waals surface area (Å²) < 4.78 is 22.5. The minimum atomic E-state index is -3.75. The molecule has 0 saturated carbocycles. The van der Waals surface area contributed by atoms with Crippen LogP contribution in [-0.2, 0) is 10.0 Å². The third kappa shape index (κ3) is 3.89. The molecule has 0 saturated heterocycles. The summed E-state index contributed by atoms with van der Waals surface area (Å²) in [6.07, 6.45) is 0. The van der Waals surface area contributed by atoms with Gasteiger partial charge in [0.2, 0.25) is 10.0 Å². The molecular formula is C12H21N3O2S. The molecule has 0 unspecified atom stereocenters. The van der Waals surface area contributed by atoms with E-state index in [1.54, 1.807) is 12.1 Å². The molecule has 0 aliphatic heterocycles. The Balaban J connectivity index is 3.05. The molecule has 0 spiro atoms. The van der Waals surface area contributed by atoms with Crippen LogP contribution in [0.2, 0.25) is 0 Å². The van der Waals surface area contributed by atoms with Crippen molar-refractivity contribution in [1.82, 2.24) is 0 Å². The average molecular weight is 271 g/mol. The zero-order chi connectivity index (χ0) is 14.1. The SMILES string of the molecule is CN(CC(C)(C)C)c1ccc(S(N)(=O)=O)c(N)c1. The van der Waals surface area contributed by atoms with Crippen molar-refractivity contribution in [2.24, 2.45) is 10.6 Å². The lowest BCUT2D eigenvalue weighted by Gasteiger charge is -2.28. The summed E-state index contributed by atoms with van der Waals surface area (Å²) in [7, 11) is -1.81. The molecule has 0 atom stereocenters. The van der Waals surface area contributed by atoms with Crippen molar-refractivity contribution in [3.63, 3.8) is 0 Å². The Kier molecular flexibility index (Phi) is 3.92. The molecule has 1 aromatic rings. The van der Waals surface area contributed by atoms with E-state index in [1.807, 2.05) is 11.9 Å². The van der Waals surface area contributed by atoms with Crippen LogP contribution in [0.4, 0.5) is 11.4 Å². The summed E-state index contributed by atoms with van der Waals surface area (Å²) in [5.74, 6) is 0. The predicted molar refractivity (Wildman–Crippen MR) is 75.0 cm³/mol. The van der Waals surface area contributed by atoms with Crippen LogP contribution in [0, 0.1) is 5.41 Å². The first kappa shape index (κ1) is 14.8. The lowest BCUT2D eigenvalue weighted by atomic mass is 9.96.